The van der Waals surface area contributed by atoms with Crippen molar-refractivity contribution in [3.63, 3.8) is 0 Å². The molecule has 0 unspecified atom stereocenters. The number of hydrogen-bond acceptors (Lipinski definition) is 6. The highest BCUT2D eigenvalue weighted by molar-refractivity contribution is 6.52. The monoisotopic (exact) mass is 444 g/mol. The summed E-state index contributed by atoms with van der Waals surface area (Å²) in [5.74, 6) is -1.65. The second kappa shape index (κ2) is 10.6. The fraction of sp³-hybridized carbons (Fsp3) is 0.348. The van der Waals surface area contributed by atoms with Crippen LogP contribution in [0.2, 0.25) is 0 Å². The van der Waals surface area contributed by atoms with E-state index in [2.05, 4.69) is 0 Å². The molecule has 1 fully saturated rings. The lowest BCUT2D eigenvalue weighted by molar-refractivity contribution is -0.139. The molecule has 1 aliphatic heterocycles. The van der Waals surface area contributed by atoms with E-state index in [0.29, 0.717) is 24.7 Å². The van der Waals surface area contributed by atoms with Crippen molar-refractivity contribution < 1.29 is 33.0 Å². The zero-order chi connectivity index (χ0) is 23.1. The fourth-order valence-electron chi connectivity index (χ4n) is 3.03. The highest BCUT2D eigenvalue weighted by Gasteiger charge is 2.45. The van der Waals surface area contributed by atoms with Gasteiger partial charge in [-0.05, 0) is 37.1 Å². The van der Waals surface area contributed by atoms with Gasteiger partial charge in [-0.1, -0.05) is 26.0 Å². The average molecular weight is 444 g/mol. The Morgan fingerprint density at radius 3 is 2.12 bits per heavy atom. The second-order valence-electron chi connectivity index (χ2n) is 6.99. The van der Waals surface area contributed by atoms with Gasteiger partial charge in [-0.3, -0.25) is 14.5 Å². The molecule has 0 radical (unpaired) electrons. The first-order chi connectivity index (χ1) is 15.5. The normalized spacial score (nSPS) is 13.7. The van der Waals surface area contributed by atoms with Crippen LogP contribution in [0, 0.1) is 5.82 Å². The first-order valence-corrected chi connectivity index (χ1v) is 10.4. The van der Waals surface area contributed by atoms with Gasteiger partial charge >= 0.3 is 17.8 Å². The molecule has 0 spiro atoms. The van der Waals surface area contributed by atoms with Crippen molar-refractivity contribution in [2.45, 2.75) is 26.7 Å². The highest BCUT2D eigenvalue weighted by Crippen LogP contribution is 2.34. The minimum absolute atomic E-state index is 0.00448. The first-order valence-electron chi connectivity index (χ1n) is 10.4. The van der Waals surface area contributed by atoms with Gasteiger partial charge in [0.2, 0.25) is 0 Å². The number of nitrogens with zero attached hydrogens (tertiary/aromatic N) is 2. The molecule has 0 N–H and O–H groups in total. The smallest absolute Gasteiger partial charge is 0.339 e. The van der Waals surface area contributed by atoms with Gasteiger partial charge in [0.05, 0.1) is 25.4 Å². The zero-order valence-electron chi connectivity index (χ0n) is 18.0. The Hall–Kier alpha value is -3.62. The summed E-state index contributed by atoms with van der Waals surface area (Å²) in [4.78, 5) is 39.3. The summed E-state index contributed by atoms with van der Waals surface area (Å²) >= 11 is 0. The van der Waals surface area contributed by atoms with Crippen LogP contribution < -0.4 is 19.1 Å². The fourth-order valence-corrected chi connectivity index (χ4v) is 3.03. The number of ether oxygens (including phenoxy) is 3. The summed E-state index contributed by atoms with van der Waals surface area (Å²) < 4.78 is 30.3. The molecule has 3 rings (SSSR count). The minimum atomic E-state index is -0.982. The molecule has 0 aliphatic carbocycles. The molecule has 0 atom stereocenters. The van der Waals surface area contributed by atoms with E-state index >= 15 is 0 Å². The standard InChI is InChI=1S/C23H25FN2O6/c1-3-12-30-19-10-9-16(15-20(19)31-13-4-2)26-22(28)21(27)25(23(26)29)11-14-32-18-8-6-5-7-17(18)24/h5-10,15H,3-4,11-14H2,1-2H3. The third-order valence-electron chi connectivity index (χ3n) is 4.57. The predicted octanol–water partition coefficient (Wildman–Crippen LogP) is 3.78. The number of hydrogen-bond donors (Lipinski definition) is 0. The molecular formula is C23H25FN2O6. The Bertz CT molecular complexity index is 996. The van der Waals surface area contributed by atoms with Crippen molar-refractivity contribution in [1.82, 2.24) is 4.90 Å². The number of carbonyl (C=O) groups excluding carboxylic acids is 3. The minimum Gasteiger partial charge on any atom is -0.490 e. The zero-order valence-corrected chi connectivity index (χ0v) is 18.0. The van der Waals surface area contributed by atoms with E-state index in [-0.39, 0.29) is 24.6 Å². The third-order valence-corrected chi connectivity index (χ3v) is 4.57. The van der Waals surface area contributed by atoms with Gasteiger partial charge in [0, 0.05) is 6.07 Å². The lowest BCUT2D eigenvalue weighted by atomic mass is 10.2. The van der Waals surface area contributed by atoms with E-state index in [4.69, 9.17) is 14.2 Å². The summed E-state index contributed by atoms with van der Waals surface area (Å²) in [5, 5.41) is 0. The molecule has 4 amide bonds. The van der Waals surface area contributed by atoms with Crippen LogP contribution in [0.25, 0.3) is 0 Å². The van der Waals surface area contributed by atoms with Crippen molar-refractivity contribution in [2.24, 2.45) is 0 Å². The van der Waals surface area contributed by atoms with Gasteiger partial charge in [0.25, 0.3) is 0 Å². The molecule has 0 saturated carbocycles. The summed E-state index contributed by atoms with van der Waals surface area (Å²) in [6.07, 6.45) is 1.56. The summed E-state index contributed by atoms with van der Waals surface area (Å²) in [5.41, 5.74) is 0.195. The van der Waals surface area contributed by atoms with E-state index in [0.717, 1.165) is 22.6 Å². The van der Waals surface area contributed by atoms with Crippen LogP contribution in [0.4, 0.5) is 14.9 Å². The van der Waals surface area contributed by atoms with Crippen molar-refractivity contribution in [2.75, 3.05) is 31.3 Å². The van der Waals surface area contributed by atoms with E-state index < -0.39 is 23.7 Å². The largest absolute Gasteiger partial charge is 0.490 e. The molecule has 170 valence electrons. The third kappa shape index (κ3) is 4.99. The number of rotatable bonds is 11. The quantitative estimate of drug-likeness (QED) is 0.387. The second-order valence-corrected chi connectivity index (χ2v) is 6.99. The Balaban J connectivity index is 1.74. The molecule has 1 aliphatic rings. The Morgan fingerprint density at radius 1 is 0.781 bits per heavy atom. The number of halogens is 1. The van der Waals surface area contributed by atoms with Crippen molar-refractivity contribution in [3.05, 3.63) is 48.3 Å². The average Bonchev–Trinajstić information content (AvgIpc) is 3.00. The molecule has 2 aromatic rings. The molecule has 1 heterocycles. The maximum atomic E-state index is 13.7. The highest BCUT2D eigenvalue weighted by atomic mass is 19.1. The van der Waals surface area contributed by atoms with Gasteiger partial charge in [-0.2, -0.15) is 0 Å². The first kappa shape index (κ1) is 23.1. The molecule has 32 heavy (non-hydrogen) atoms. The summed E-state index contributed by atoms with van der Waals surface area (Å²) in [6.45, 7) is 4.46. The maximum absolute atomic E-state index is 13.7. The van der Waals surface area contributed by atoms with Crippen molar-refractivity contribution in [3.8, 4) is 17.2 Å². The number of imide groups is 2. The molecule has 2 aromatic carbocycles. The lowest BCUT2D eigenvalue weighted by Gasteiger charge is -2.18. The molecule has 8 nitrogen and oxygen atoms in total. The van der Waals surface area contributed by atoms with Gasteiger partial charge in [0.1, 0.15) is 6.61 Å². The predicted molar refractivity (Wildman–Crippen MR) is 115 cm³/mol. The van der Waals surface area contributed by atoms with E-state index in [1.807, 2.05) is 13.8 Å². The van der Waals surface area contributed by atoms with Crippen LogP contribution in [-0.2, 0) is 9.59 Å². The number of urea groups is 1. The summed E-state index contributed by atoms with van der Waals surface area (Å²) in [7, 11) is 0. The maximum Gasteiger partial charge on any atom is 0.339 e. The Labute approximate surface area is 185 Å². The van der Waals surface area contributed by atoms with Gasteiger partial charge in [-0.15, -0.1) is 0 Å². The van der Waals surface area contributed by atoms with Gasteiger partial charge in [-0.25, -0.2) is 14.1 Å². The van der Waals surface area contributed by atoms with Crippen LogP contribution in [0.5, 0.6) is 17.2 Å². The number of anilines is 1. The number of carbonyl (C=O) groups is 3. The number of para-hydroxylation sites is 1. The number of amides is 4. The van der Waals surface area contributed by atoms with Crippen LogP contribution in [-0.4, -0.2) is 49.1 Å². The van der Waals surface area contributed by atoms with Crippen LogP contribution in [0.1, 0.15) is 26.7 Å². The van der Waals surface area contributed by atoms with Gasteiger partial charge < -0.3 is 14.2 Å². The molecular weight excluding hydrogens is 419 g/mol. The van der Waals surface area contributed by atoms with E-state index in [9.17, 15) is 18.8 Å². The lowest BCUT2D eigenvalue weighted by Crippen LogP contribution is -2.36. The molecule has 0 bridgehead atoms. The van der Waals surface area contributed by atoms with E-state index in [1.54, 1.807) is 12.1 Å². The molecule has 0 aromatic heterocycles. The van der Waals surface area contributed by atoms with E-state index in [1.165, 1.54) is 30.3 Å². The SMILES string of the molecule is CCCOc1ccc(N2C(=O)C(=O)N(CCOc3ccccc3F)C2=O)cc1OCCC. The van der Waals surface area contributed by atoms with Crippen molar-refractivity contribution in [1.29, 1.82) is 0 Å². The summed E-state index contributed by atoms with van der Waals surface area (Å²) in [6, 6.07) is 9.60. The number of benzene rings is 2. The van der Waals surface area contributed by atoms with Crippen molar-refractivity contribution >= 4 is 23.5 Å². The van der Waals surface area contributed by atoms with Crippen LogP contribution in [0.3, 0.4) is 0 Å². The van der Waals surface area contributed by atoms with Crippen LogP contribution >= 0.6 is 0 Å². The topological polar surface area (TPSA) is 85.4 Å². The van der Waals surface area contributed by atoms with Gasteiger partial charge in [0.15, 0.2) is 23.1 Å². The Morgan fingerprint density at radius 2 is 1.44 bits per heavy atom. The molecule has 9 heteroatoms. The van der Waals surface area contributed by atoms with Crippen LogP contribution in [0.15, 0.2) is 42.5 Å². The molecule has 1 saturated heterocycles. The Kier molecular flexibility index (Phi) is 7.64.